The van der Waals surface area contributed by atoms with Gasteiger partial charge >= 0.3 is 0 Å². The number of hydrogen-bond acceptors (Lipinski definition) is 7. The maximum absolute atomic E-state index is 12.7. The van der Waals surface area contributed by atoms with E-state index in [-0.39, 0.29) is 23.0 Å². The van der Waals surface area contributed by atoms with Crippen molar-refractivity contribution in [1.29, 1.82) is 0 Å². The van der Waals surface area contributed by atoms with E-state index in [1.165, 1.54) is 29.5 Å². The molecule has 1 saturated heterocycles. The fourth-order valence-electron chi connectivity index (χ4n) is 3.79. The van der Waals surface area contributed by atoms with Gasteiger partial charge in [0, 0.05) is 36.3 Å². The van der Waals surface area contributed by atoms with Crippen LogP contribution in [0.25, 0.3) is 0 Å². The van der Waals surface area contributed by atoms with Gasteiger partial charge in [-0.25, -0.2) is 13.4 Å². The molecule has 2 atom stereocenters. The van der Waals surface area contributed by atoms with E-state index in [1.807, 2.05) is 5.38 Å². The Morgan fingerprint density at radius 2 is 1.85 bits per heavy atom. The second-order valence-electron chi connectivity index (χ2n) is 8.05. The van der Waals surface area contributed by atoms with Gasteiger partial charge in [0.2, 0.25) is 0 Å². The molecule has 2 aromatic carbocycles. The molecule has 0 radical (unpaired) electrons. The average Bonchev–Trinajstić information content (AvgIpc) is 3.20. The molecule has 1 aromatic heterocycles. The lowest BCUT2D eigenvalue weighted by Gasteiger charge is -2.34. The first-order valence-electron chi connectivity index (χ1n) is 10.6. The predicted octanol–water partition coefficient (Wildman–Crippen LogP) is 3.81. The lowest BCUT2D eigenvalue weighted by Crippen LogP contribution is -2.44. The molecule has 174 valence electrons. The number of anilines is 2. The highest BCUT2D eigenvalue weighted by atomic mass is 32.2. The molecule has 2 N–H and O–H groups in total. The Hall–Kier alpha value is -2.79. The van der Waals surface area contributed by atoms with Crippen molar-refractivity contribution in [3.05, 3.63) is 71.2 Å². The summed E-state index contributed by atoms with van der Waals surface area (Å²) < 4.78 is 33.4. The van der Waals surface area contributed by atoms with Gasteiger partial charge in [-0.05, 0) is 44.2 Å². The van der Waals surface area contributed by atoms with Crippen molar-refractivity contribution in [2.75, 3.05) is 23.1 Å². The van der Waals surface area contributed by atoms with Crippen LogP contribution in [0.2, 0.25) is 0 Å². The normalized spacial score (nSPS) is 19.2. The number of hydrogen-bond donors (Lipinski definition) is 2. The molecule has 33 heavy (non-hydrogen) atoms. The summed E-state index contributed by atoms with van der Waals surface area (Å²) in [6, 6.07) is 14.4. The Kier molecular flexibility index (Phi) is 7.08. The van der Waals surface area contributed by atoms with Gasteiger partial charge in [0.15, 0.2) is 5.13 Å². The number of aromatic nitrogens is 1. The van der Waals surface area contributed by atoms with E-state index in [4.69, 9.17) is 4.74 Å². The van der Waals surface area contributed by atoms with Crippen molar-refractivity contribution >= 4 is 38.1 Å². The van der Waals surface area contributed by atoms with E-state index in [0.29, 0.717) is 22.9 Å². The molecular formula is C23H26N4O4S2. The van der Waals surface area contributed by atoms with E-state index < -0.39 is 10.0 Å². The molecule has 1 aliphatic heterocycles. The smallest absolute Gasteiger partial charge is 0.261 e. The molecular weight excluding hydrogens is 460 g/mol. The topological polar surface area (TPSA) is 101 Å². The Labute approximate surface area is 197 Å². The number of carbonyl (C=O) groups is 1. The van der Waals surface area contributed by atoms with Gasteiger partial charge in [-0.15, -0.1) is 11.3 Å². The zero-order valence-corrected chi connectivity index (χ0v) is 20.0. The maximum atomic E-state index is 12.7. The molecule has 3 aromatic rings. The van der Waals surface area contributed by atoms with Crippen LogP contribution in [0.4, 0.5) is 10.8 Å². The Morgan fingerprint density at radius 1 is 1.12 bits per heavy atom. The van der Waals surface area contributed by atoms with Crippen molar-refractivity contribution < 1.29 is 17.9 Å². The van der Waals surface area contributed by atoms with Crippen molar-refractivity contribution in [2.45, 2.75) is 37.5 Å². The summed E-state index contributed by atoms with van der Waals surface area (Å²) in [5.74, 6) is -0.356. The molecule has 1 fully saturated rings. The predicted molar refractivity (Wildman–Crippen MR) is 129 cm³/mol. The van der Waals surface area contributed by atoms with Gasteiger partial charge in [0.1, 0.15) is 0 Å². The van der Waals surface area contributed by atoms with Gasteiger partial charge in [0.25, 0.3) is 15.9 Å². The van der Waals surface area contributed by atoms with Crippen LogP contribution in [0.15, 0.2) is 64.9 Å². The summed E-state index contributed by atoms with van der Waals surface area (Å²) >= 11 is 1.36. The third-order valence-electron chi connectivity index (χ3n) is 5.08. The van der Waals surface area contributed by atoms with Crippen LogP contribution in [0, 0.1) is 0 Å². The highest BCUT2D eigenvalue weighted by molar-refractivity contribution is 7.92. The SMILES string of the molecule is CC1CN(Cc2csc(NC(=O)c3cccc(NS(=O)(=O)c4ccccc4)c3)n2)CC(C)O1. The van der Waals surface area contributed by atoms with Crippen molar-refractivity contribution in [3.8, 4) is 0 Å². The Morgan fingerprint density at radius 3 is 2.58 bits per heavy atom. The van der Waals surface area contributed by atoms with Gasteiger partial charge in [-0.3, -0.25) is 19.7 Å². The van der Waals surface area contributed by atoms with Gasteiger partial charge < -0.3 is 4.74 Å². The summed E-state index contributed by atoms with van der Waals surface area (Å²) in [5, 5.41) is 5.24. The number of rotatable bonds is 7. The number of nitrogens with one attached hydrogen (secondary N) is 2. The van der Waals surface area contributed by atoms with Crippen LogP contribution in [0.5, 0.6) is 0 Å². The summed E-state index contributed by atoms with van der Waals surface area (Å²) in [6.45, 7) is 6.50. The average molecular weight is 487 g/mol. The van der Waals surface area contributed by atoms with E-state index in [0.717, 1.165) is 18.8 Å². The third kappa shape index (κ3) is 6.17. The first-order chi connectivity index (χ1) is 15.8. The zero-order chi connectivity index (χ0) is 23.4. The number of ether oxygens (including phenoxy) is 1. The van der Waals surface area contributed by atoms with Gasteiger partial charge in [-0.1, -0.05) is 24.3 Å². The molecule has 1 amide bonds. The highest BCUT2D eigenvalue weighted by Gasteiger charge is 2.23. The molecule has 0 spiro atoms. The molecule has 1 aliphatic rings. The lowest BCUT2D eigenvalue weighted by atomic mass is 10.2. The second kappa shape index (κ2) is 10.0. The lowest BCUT2D eigenvalue weighted by molar-refractivity contribution is -0.0707. The number of nitrogens with zero attached hydrogens (tertiary/aromatic N) is 2. The van der Waals surface area contributed by atoms with Gasteiger partial charge in [0.05, 0.1) is 22.8 Å². The number of benzene rings is 2. The van der Waals surface area contributed by atoms with Crippen LogP contribution < -0.4 is 10.0 Å². The summed E-state index contributed by atoms with van der Waals surface area (Å²) in [5.41, 5.74) is 1.53. The van der Waals surface area contributed by atoms with Crippen molar-refractivity contribution in [3.63, 3.8) is 0 Å². The van der Waals surface area contributed by atoms with Crippen LogP contribution in [-0.2, 0) is 21.3 Å². The molecule has 2 unspecified atom stereocenters. The quantitative estimate of drug-likeness (QED) is 0.527. The fourth-order valence-corrected chi connectivity index (χ4v) is 5.55. The Bertz CT molecular complexity index is 1200. The Balaban J connectivity index is 1.39. The molecule has 2 heterocycles. The second-order valence-corrected chi connectivity index (χ2v) is 10.6. The number of morpholine rings is 1. The number of amides is 1. The highest BCUT2D eigenvalue weighted by Crippen LogP contribution is 2.21. The number of sulfonamides is 1. The minimum atomic E-state index is -3.74. The third-order valence-corrected chi connectivity index (χ3v) is 7.29. The molecule has 0 saturated carbocycles. The van der Waals surface area contributed by atoms with Crippen LogP contribution in [0.3, 0.4) is 0 Å². The molecule has 4 rings (SSSR count). The maximum Gasteiger partial charge on any atom is 0.261 e. The van der Waals surface area contributed by atoms with Crippen LogP contribution in [-0.4, -0.2) is 49.5 Å². The number of thiazole rings is 1. The first kappa shape index (κ1) is 23.4. The molecule has 0 aliphatic carbocycles. The molecule has 10 heteroatoms. The number of carbonyl (C=O) groups excluding carboxylic acids is 1. The van der Waals surface area contributed by atoms with Gasteiger partial charge in [-0.2, -0.15) is 0 Å². The fraction of sp³-hybridized carbons (Fsp3) is 0.304. The molecule has 8 nitrogen and oxygen atoms in total. The largest absolute Gasteiger partial charge is 0.373 e. The van der Waals surface area contributed by atoms with E-state index >= 15 is 0 Å². The standard InChI is InChI=1S/C23H26N4O4S2/c1-16-12-27(13-17(2)31-16)14-20-15-32-23(24-20)25-22(28)18-7-6-8-19(11-18)26-33(29,30)21-9-4-3-5-10-21/h3-11,15-17,26H,12-14H2,1-2H3,(H,24,25,28). The van der Waals surface area contributed by atoms with E-state index in [2.05, 4.69) is 33.8 Å². The summed E-state index contributed by atoms with van der Waals surface area (Å²) in [7, 11) is -3.74. The zero-order valence-electron chi connectivity index (χ0n) is 18.4. The van der Waals surface area contributed by atoms with E-state index in [1.54, 1.807) is 36.4 Å². The first-order valence-corrected chi connectivity index (χ1v) is 13.0. The summed E-state index contributed by atoms with van der Waals surface area (Å²) in [6.07, 6.45) is 0.358. The minimum absolute atomic E-state index is 0.152. The van der Waals surface area contributed by atoms with Crippen molar-refractivity contribution in [1.82, 2.24) is 9.88 Å². The van der Waals surface area contributed by atoms with Crippen LogP contribution in [0.1, 0.15) is 29.9 Å². The van der Waals surface area contributed by atoms with Crippen molar-refractivity contribution in [2.24, 2.45) is 0 Å². The molecule has 0 bridgehead atoms. The monoisotopic (exact) mass is 486 g/mol. The minimum Gasteiger partial charge on any atom is -0.373 e. The summed E-state index contributed by atoms with van der Waals surface area (Å²) in [4.78, 5) is 19.7. The van der Waals surface area contributed by atoms with Crippen LogP contribution >= 0.6 is 11.3 Å². The van der Waals surface area contributed by atoms with E-state index in [9.17, 15) is 13.2 Å².